The molecule has 2 rings (SSSR count). The topological polar surface area (TPSA) is 77.7 Å². The van der Waals surface area contributed by atoms with Crippen molar-refractivity contribution in [2.45, 2.75) is 13.3 Å². The number of carbonyl (C=O) groups excluding carboxylic acids is 1. The van der Waals surface area contributed by atoms with Gasteiger partial charge in [-0.1, -0.05) is 0 Å². The van der Waals surface area contributed by atoms with Gasteiger partial charge in [-0.15, -0.1) is 0 Å². The normalized spacial score (nSPS) is 15.9. The van der Waals surface area contributed by atoms with Gasteiger partial charge in [-0.05, 0) is 19.4 Å². The third kappa shape index (κ3) is 3.35. The molecule has 0 saturated carbocycles. The number of nitrogens with zero attached hydrogens (tertiary/aromatic N) is 2. The van der Waals surface area contributed by atoms with Crippen molar-refractivity contribution in [1.82, 2.24) is 4.98 Å². The van der Waals surface area contributed by atoms with Gasteiger partial charge in [-0.2, -0.15) is 0 Å². The highest BCUT2D eigenvalue weighted by molar-refractivity contribution is 5.95. The van der Waals surface area contributed by atoms with E-state index in [1.165, 1.54) is 6.20 Å². The van der Waals surface area contributed by atoms with Gasteiger partial charge in [0.25, 0.3) is 0 Å². The lowest BCUT2D eigenvalue weighted by atomic mass is 10.2. The fourth-order valence-corrected chi connectivity index (χ4v) is 1.99. The smallest absolute Gasteiger partial charge is 0.340 e. The van der Waals surface area contributed by atoms with Gasteiger partial charge in [0, 0.05) is 19.7 Å². The minimum atomic E-state index is -0.408. The highest BCUT2D eigenvalue weighted by atomic mass is 16.5. The molecule has 1 fully saturated rings. The van der Waals surface area contributed by atoms with Gasteiger partial charge < -0.3 is 20.1 Å². The monoisotopic (exact) mass is 265 g/mol. The molecule has 0 bridgehead atoms. The maximum atomic E-state index is 11.8. The van der Waals surface area contributed by atoms with Gasteiger partial charge in [-0.25, -0.2) is 9.78 Å². The average Bonchev–Trinajstić information content (AvgIpc) is 2.68. The Bertz CT molecular complexity index is 443. The molecule has 0 atom stereocenters. The zero-order valence-corrected chi connectivity index (χ0v) is 11.1. The summed E-state index contributed by atoms with van der Waals surface area (Å²) in [6, 6.07) is 1.69. The van der Waals surface area contributed by atoms with E-state index in [-0.39, 0.29) is 0 Å². The van der Waals surface area contributed by atoms with Crippen LogP contribution in [0.1, 0.15) is 23.7 Å². The molecule has 0 aliphatic carbocycles. The van der Waals surface area contributed by atoms with E-state index in [9.17, 15) is 4.79 Å². The second-order valence-electron chi connectivity index (χ2n) is 4.30. The molecule has 2 N–H and O–H groups in total. The van der Waals surface area contributed by atoms with Crippen LogP contribution in [-0.2, 0) is 9.47 Å². The number of anilines is 2. The highest BCUT2D eigenvalue weighted by Crippen LogP contribution is 2.20. The lowest BCUT2D eigenvalue weighted by Gasteiger charge is -2.21. The average molecular weight is 265 g/mol. The van der Waals surface area contributed by atoms with E-state index < -0.39 is 5.97 Å². The lowest BCUT2D eigenvalue weighted by Crippen LogP contribution is -2.27. The fraction of sp³-hybridized carbons (Fsp3) is 0.538. The number of nitrogens with two attached hydrogens (primary N) is 1. The van der Waals surface area contributed by atoms with Crippen molar-refractivity contribution in [1.29, 1.82) is 0 Å². The Balaban J connectivity index is 2.21. The second-order valence-corrected chi connectivity index (χ2v) is 4.30. The van der Waals surface area contributed by atoms with E-state index in [4.69, 9.17) is 15.2 Å². The molecule has 19 heavy (non-hydrogen) atoms. The molecular formula is C13H19N3O3. The number of carbonyl (C=O) groups is 1. The van der Waals surface area contributed by atoms with Crippen molar-refractivity contribution in [2.24, 2.45) is 0 Å². The predicted octanol–water partition coefficient (Wildman–Crippen LogP) is 1.07. The van der Waals surface area contributed by atoms with Crippen LogP contribution in [0.25, 0.3) is 0 Å². The number of nitrogen functional groups attached to an aromatic ring is 1. The van der Waals surface area contributed by atoms with Crippen molar-refractivity contribution >= 4 is 17.5 Å². The second kappa shape index (κ2) is 6.38. The number of hydrogen-bond acceptors (Lipinski definition) is 6. The molecule has 6 nitrogen and oxygen atoms in total. The van der Waals surface area contributed by atoms with Crippen LogP contribution in [-0.4, -0.2) is 43.9 Å². The minimum absolute atomic E-state index is 0.327. The zero-order chi connectivity index (χ0) is 13.7. The van der Waals surface area contributed by atoms with E-state index in [0.717, 1.165) is 31.9 Å². The molecule has 0 radical (unpaired) electrons. The summed E-state index contributed by atoms with van der Waals surface area (Å²) in [5, 5.41) is 0. The van der Waals surface area contributed by atoms with Gasteiger partial charge in [0.1, 0.15) is 5.82 Å². The molecular weight excluding hydrogens is 246 g/mol. The molecule has 0 spiro atoms. The molecule has 2 heterocycles. The van der Waals surface area contributed by atoms with Crippen LogP contribution in [0.5, 0.6) is 0 Å². The summed E-state index contributed by atoms with van der Waals surface area (Å²) in [7, 11) is 0. The summed E-state index contributed by atoms with van der Waals surface area (Å²) in [6.45, 7) is 5.14. The van der Waals surface area contributed by atoms with Crippen molar-refractivity contribution < 1.29 is 14.3 Å². The van der Waals surface area contributed by atoms with Gasteiger partial charge in [0.05, 0.1) is 30.7 Å². The molecule has 1 aliphatic rings. The molecule has 1 aromatic rings. The number of hydrogen-bond donors (Lipinski definition) is 1. The number of esters is 1. The van der Waals surface area contributed by atoms with Crippen LogP contribution < -0.4 is 10.6 Å². The Kier molecular flexibility index (Phi) is 4.57. The summed E-state index contributed by atoms with van der Waals surface area (Å²) in [5.74, 6) is 0.331. The largest absolute Gasteiger partial charge is 0.462 e. The van der Waals surface area contributed by atoms with Crippen molar-refractivity contribution in [3.05, 3.63) is 17.8 Å². The van der Waals surface area contributed by atoms with Crippen LogP contribution in [0, 0.1) is 0 Å². The van der Waals surface area contributed by atoms with E-state index in [2.05, 4.69) is 9.88 Å². The number of ether oxygens (including phenoxy) is 2. The van der Waals surface area contributed by atoms with E-state index in [1.54, 1.807) is 13.0 Å². The Morgan fingerprint density at radius 2 is 2.37 bits per heavy atom. The van der Waals surface area contributed by atoms with Crippen LogP contribution >= 0.6 is 0 Å². The standard InChI is InChI=1S/C13H19N3O3/c1-2-19-13(17)10-8-12(15-9-11(10)14)16-4-3-6-18-7-5-16/h8-9H,2-7,14H2,1H3. The maximum Gasteiger partial charge on any atom is 0.340 e. The molecule has 0 amide bonds. The van der Waals surface area contributed by atoms with E-state index >= 15 is 0 Å². The van der Waals surface area contributed by atoms with Crippen LogP contribution in [0.3, 0.4) is 0 Å². The summed E-state index contributed by atoms with van der Waals surface area (Å²) in [5.41, 5.74) is 6.49. The van der Waals surface area contributed by atoms with Gasteiger partial charge >= 0.3 is 5.97 Å². The molecule has 0 aromatic carbocycles. The highest BCUT2D eigenvalue weighted by Gasteiger charge is 2.16. The first-order valence-electron chi connectivity index (χ1n) is 6.47. The molecule has 1 saturated heterocycles. The quantitative estimate of drug-likeness (QED) is 0.824. The molecule has 6 heteroatoms. The summed E-state index contributed by atoms with van der Waals surface area (Å²) < 4.78 is 10.4. The first-order chi connectivity index (χ1) is 9.22. The van der Waals surface area contributed by atoms with Crippen molar-refractivity contribution in [3.63, 3.8) is 0 Å². The summed E-state index contributed by atoms with van der Waals surface area (Å²) >= 11 is 0. The molecule has 1 aromatic heterocycles. The van der Waals surface area contributed by atoms with E-state index in [1.807, 2.05) is 0 Å². The third-order valence-corrected chi connectivity index (χ3v) is 2.96. The van der Waals surface area contributed by atoms with Crippen LogP contribution in [0.2, 0.25) is 0 Å². The number of pyridine rings is 1. The Morgan fingerprint density at radius 3 is 3.16 bits per heavy atom. The van der Waals surface area contributed by atoms with Gasteiger partial charge in [0.2, 0.25) is 0 Å². The fourth-order valence-electron chi connectivity index (χ4n) is 1.99. The first-order valence-corrected chi connectivity index (χ1v) is 6.47. The maximum absolute atomic E-state index is 11.8. The van der Waals surface area contributed by atoms with Gasteiger partial charge in [0.15, 0.2) is 0 Å². The Hall–Kier alpha value is -1.82. The Labute approximate surface area is 112 Å². The molecule has 1 aliphatic heterocycles. The number of rotatable bonds is 3. The van der Waals surface area contributed by atoms with Crippen molar-refractivity contribution in [3.8, 4) is 0 Å². The molecule has 0 unspecified atom stereocenters. The number of aromatic nitrogens is 1. The Morgan fingerprint density at radius 1 is 1.53 bits per heavy atom. The van der Waals surface area contributed by atoms with Gasteiger partial charge in [-0.3, -0.25) is 0 Å². The third-order valence-electron chi connectivity index (χ3n) is 2.96. The first kappa shape index (κ1) is 13.6. The molecule has 104 valence electrons. The van der Waals surface area contributed by atoms with Crippen LogP contribution in [0.15, 0.2) is 12.3 Å². The van der Waals surface area contributed by atoms with Crippen LogP contribution in [0.4, 0.5) is 11.5 Å². The lowest BCUT2D eigenvalue weighted by molar-refractivity contribution is 0.0527. The SMILES string of the molecule is CCOC(=O)c1cc(N2CCCOCC2)ncc1N. The summed E-state index contributed by atoms with van der Waals surface area (Å²) in [6.07, 6.45) is 2.45. The van der Waals surface area contributed by atoms with E-state index in [0.29, 0.717) is 24.5 Å². The predicted molar refractivity (Wildman–Crippen MR) is 72.3 cm³/mol. The van der Waals surface area contributed by atoms with Crippen molar-refractivity contribution in [2.75, 3.05) is 43.5 Å². The zero-order valence-electron chi connectivity index (χ0n) is 11.1. The minimum Gasteiger partial charge on any atom is -0.462 e. The summed E-state index contributed by atoms with van der Waals surface area (Å²) in [4.78, 5) is 18.2.